The Morgan fingerprint density at radius 3 is 2.61 bits per heavy atom. The first kappa shape index (κ1) is 15.4. The second-order valence-corrected chi connectivity index (χ2v) is 5.48. The fourth-order valence-corrected chi connectivity index (χ4v) is 3.02. The lowest BCUT2D eigenvalue weighted by molar-refractivity contribution is -0.0916. The molecule has 0 aliphatic carbocycles. The molecule has 0 fully saturated rings. The Labute approximate surface area is 109 Å². The van der Waals surface area contributed by atoms with Crippen molar-refractivity contribution in [1.82, 2.24) is 0 Å². The van der Waals surface area contributed by atoms with Gasteiger partial charge < -0.3 is 5.11 Å². The first-order chi connectivity index (χ1) is 8.27. The Hall–Kier alpha value is -0.680. The zero-order chi connectivity index (χ0) is 13.9. The van der Waals surface area contributed by atoms with Crippen LogP contribution in [0.4, 0.5) is 13.2 Å². The van der Waals surface area contributed by atoms with Gasteiger partial charge in [0.15, 0.2) is 0 Å². The topological polar surface area (TPSA) is 20.2 Å². The molecule has 0 bridgehead atoms. The van der Waals surface area contributed by atoms with Crippen molar-refractivity contribution in [1.29, 1.82) is 0 Å². The number of halogens is 3. The van der Waals surface area contributed by atoms with Crippen LogP contribution in [0.25, 0.3) is 0 Å². The van der Waals surface area contributed by atoms with Crippen LogP contribution in [0.1, 0.15) is 20.3 Å². The molecule has 5 heteroatoms. The summed E-state index contributed by atoms with van der Waals surface area (Å²) in [5.41, 5.74) is 0.255. The second kappa shape index (κ2) is 5.97. The molecule has 0 aromatic heterocycles. The summed E-state index contributed by atoms with van der Waals surface area (Å²) in [6.07, 6.45) is -1.84. The third kappa shape index (κ3) is 3.65. The zero-order valence-electron chi connectivity index (χ0n) is 10.4. The van der Waals surface area contributed by atoms with Crippen molar-refractivity contribution in [3.8, 4) is 0 Å². The van der Waals surface area contributed by atoms with Crippen LogP contribution in [0.2, 0.25) is 0 Å². The number of allylic oxidation sites excluding steroid dienone is 3. The first-order valence-electron chi connectivity index (χ1n) is 5.64. The summed E-state index contributed by atoms with van der Waals surface area (Å²) in [5, 5.41) is 11.6. The number of thioether (sulfide) groups is 1. The van der Waals surface area contributed by atoms with Gasteiger partial charge in [-0.05, 0) is 37.2 Å². The highest BCUT2D eigenvalue weighted by Crippen LogP contribution is 2.37. The number of hydrogen-bond acceptors (Lipinski definition) is 2. The van der Waals surface area contributed by atoms with Gasteiger partial charge in [0.1, 0.15) is 0 Å². The molecule has 0 aromatic carbocycles. The van der Waals surface area contributed by atoms with E-state index in [0.717, 1.165) is 12.5 Å². The van der Waals surface area contributed by atoms with Crippen LogP contribution in [0, 0.1) is 5.92 Å². The van der Waals surface area contributed by atoms with Crippen LogP contribution in [0.5, 0.6) is 0 Å². The molecule has 0 saturated carbocycles. The molecule has 0 spiro atoms. The average molecular weight is 278 g/mol. The summed E-state index contributed by atoms with van der Waals surface area (Å²) in [4.78, 5) is 0. The third-order valence-corrected chi connectivity index (χ3v) is 4.49. The van der Waals surface area contributed by atoms with E-state index in [9.17, 15) is 18.3 Å². The standard InChI is InChI=1S/C13H17F3OS/c1-4-10(6-5-9(3)13(14,15)16)12-11(17)8(2)7-18-12/h4-5,7,10-12,17H,1,6H2,2-3H3/b9-5+/t10-,11?,12?/m1/s1. The Kier molecular flexibility index (Phi) is 5.10. The summed E-state index contributed by atoms with van der Waals surface area (Å²) < 4.78 is 37.1. The Balaban J connectivity index is 2.68. The van der Waals surface area contributed by atoms with Gasteiger partial charge in [-0.1, -0.05) is 12.2 Å². The summed E-state index contributed by atoms with van der Waals surface area (Å²) in [6.45, 7) is 6.52. The van der Waals surface area contributed by atoms with Crippen molar-refractivity contribution in [2.75, 3.05) is 0 Å². The van der Waals surface area contributed by atoms with E-state index >= 15 is 0 Å². The molecule has 1 aliphatic rings. The van der Waals surface area contributed by atoms with Gasteiger partial charge in [-0.15, -0.1) is 18.3 Å². The molecule has 0 saturated heterocycles. The molecule has 0 radical (unpaired) electrons. The van der Waals surface area contributed by atoms with E-state index in [-0.39, 0.29) is 17.6 Å². The fourth-order valence-electron chi connectivity index (χ4n) is 1.72. The maximum Gasteiger partial charge on any atom is 0.412 e. The van der Waals surface area contributed by atoms with Crippen molar-refractivity contribution in [2.45, 2.75) is 37.8 Å². The monoisotopic (exact) mass is 278 g/mol. The SMILES string of the molecule is C=C[C@H](C/C=C(\C)C(F)(F)F)C1SC=C(C)C1O. The number of aliphatic hydroxyl groups is 1. The predicted molar refractivity (Wildman–Crippen MR) is 69.3 cm³/mol. The molecular weight excluding hydrogens is 261 g/mol. The van der Waals surface area contributed by atoms with Crippen LogP contribution >= 0.6 is 11.8 Å². The van der Waals surface area contributed by atoms with Gasteiger partial charge in [0, 0.05) is 10.8 Å². The molecule has 1 N–H and O–H groups in total. The highest BCUT2D eigenvalue weighted by atomic mass is 32.2. The summed E-state index contributed by atoms with van der Waals surface area (Å²) in [6, 6.07) is 0. The minimum absolute atomic E-state index is 0.139. The first-order valence-corrected chi connectivity index (χ1v) is 6.58. The van der Waals surface area contributed by atoms with Gasteiger partial charge in [0.05, 0.1) is 6.10 Å². The Morgan fingerprint density at radius 1 is 1.61 bits per heavy atom. The molecule has 18 heavy (non-hydrogen) atoms. The lowest BCUT2D eigenvalue weighted by Gasteiger charge is -2.22. The lowest BCUT2D eigenvalue weighted by Crippen LogP contribution is -2.27. The van der Waals surface area contributed by atoms with Gasteiger partial charge in [0.2, 0.25) is 0 Å². The molecule has 0 amide bonds. The molecule has 102 valence electrons. The summed E-state index contributed by atoms with van der Waals surface area (Å²) in [5.74, 6) is -0.170. The van der Waals surface area contributed by atoms with Gasteiger partial charge in [-0.25, -0.2) is 0 Å². The van der Waals surface area contributed by atoms with Crippen molar-refractivity contribution in [3.05, 3.63) is 35.3 Å². The smallest absolute Gasteiger partial charge is 0.388 e. The van der Waals surface area contributed by atoms with E-state index in [1.54, 1.807) is 6.08 Å². The third-order valence-electron chi connectivity index (χ3n) is 3.06. The zero-order valence-corrected chi connectivity index (χ0v) is 11.2. The van der Waals surface area contributed by atoms with Crippen LogP contribution in [-0.2, 0) is 0 Å². The normalized spacial score (nSPS) is 27.0. The quantitative estimate of drug-likeness (QED) is 0.782. The number of hydrogen-bond donors (Lipinski definition) is 1. The van der Waals surface area contributed by atoms with Gasteiger partial charge in [-0.3, -0.25) is 0 Å². The summed E-state index contributed by atoms with van der Waals surface area (Å²) >= 11 is 1.46. The maximum atomic E-state index is 12.4. The second-order valence-electron chi connectivity index (χ2n) is 4.43. The molecule has 1 rings (SSSR count). The van der Waals surface area contributed by atoms with Crippen molar-refractivity contribution in [3.63, 3.8) is 0 Å². The van der Waals surface area contributed by atoms with E-state index in [4.69, 9.17) is 0 Å². The predicted octanol–water partition coefficient (Wildman–Crippen LogP) is 4.07. The van der Waals surface area contributed by atoms with E-state index in [1.165, 1.54) is 17.8 Å². The number of alkyl halides is 3. The van der Waals surface area contributed by atoms with Gasteiger partial charge >= 0.3 is 6.18 Å². The van der Waals surface area contributed by atoms with Crippen LogP contribution in [0.3, 0.4) is 0 Å². The molecule has 2 unspecified atom stereocenters. The highest BCUT2D eigenvalue weighted by molar-refractivity contribution is 8.03. The van der Waals surface area contributed by atoms with Crippen molar-refractivity contribution < 1.29 is 18.3 Å². The highest BCUT2D eigenvalue weighted by Gasteiger charge is 2.33. The molecule has 3 atom stereocenters. The lowest BCUT2D eigenvalue weighted by atomic mass is 9.94. The molecule has 1 nitrogen and oxygen atoms in total. The van der Waals surface area contributed by atoms with Crippen LogP contribution in [-0.4, -0.2) is 22.6 Å². The van der Waals surface area contributed by atoms with E-state index < -0.39 is 17.9 Å². The minimum atomic E-state index is -4.28. The van der Waals surface area contributed by atoms with Crippen LogP contribution < -0.4 is 0 Å². The van der Waals surface area contributed by atoms with Crippen LogP contribution in [0.15, 0.2) is 35.3 Å². The van der Waals surface area contributed by atoms with E-state index in [2.05, 4.69) is 6.58 Å². The van der Waals surface area contributed by atoms with E-state index in [0.29, 0.717) is 0 Å². The molecular formula is C13H17F3OS. The van der Waals surface area contributed by atoms with Crippen molar-refractivity contribution >= 4 is 11.8 Å². The summed E-state index contributed by atoms with van der Waals surface area (Å²) in [7, 11) is 0. The number of rotatable bonds is 4. The molecule has 1 aliphatic heterocycles. The minimum Gasteiger partial charge on any atom is -0.388 e. The fraction of sp³-hybridized carbons (Fsp3) is 0.538. The Bertz CT molecular complexity index is 371. The van der Waals surface area contributed by atoms with E-state index in [1.807, 2.05) is 12.3 Å². The number of aliphatic hydroxyl groups excluding tert-OH is 1. The van der Waals surface area contributed by atoms with Gasteiger partial charge in [-0.2, -0.15) is 13.2 Å². The largest absolute Gasteiger partial charge is 0.412 e. The molecule has 0 aromatic rings. The Morgan fingerprint density at radius 2 is 2.22 bits per heavy atom. The molecule has 1 heterocycles. The van der Waals surface area contributed by atoms with Crippen molar-refractivity contribution in [2.24, 2.45) is 5.92 Å². The van der Waals surface area contributed by atoms with Gasteiger partial charge in [0.25, 0.3) is 0 Å². The maximum absolute atomic E-state index is 12.4. The average Bonchev–Trinajstić information content (AvgIpc) is 2.60.